The maximum atomic E-state index is 11.6. The van der Waals surface area contributed by atoms with Gasteiger partial charge >= 0.3 is 0 Å². The summed E-state index contributed by atoms with van der Waals surface area (Å²) in [6.07, 6.45) is 5.70. The number of nitriles is 1. The second-order valence-electron chi connectivity index (χ2n) is 6.69. The Hall–Kier alpha value is -2.13. The fourth-order valence-electron chi connectivity index (χ4n) is 3.59. The van der Waals surface area contributed by atoms with Gasteiger partial charge in [-0.15, -0.1) is 0 Å². The SMILES string of the molecule is N#Cc1cccnc1NCC1CCN(CCCN2CCCC2=O)C1. The minimum atomic E-state index is 0.321. The average Bonchev–Trinajstić information content (AvgIpc) is 3.23. The topological polar surface area (TPSA) is 72.3 Å². The molecule has 1 unspecified atom stereocenters. The number of carbonyl (C=O) groups excluding carboxylic acids is 1. The molecule has 0 radical (unpaired) electrons. The van der Waals surface area contributed by atoms with Gasteiger partial charge in [0.05, 0.1) is 5.56 Å². The number of nitrogens with zero attached hydrogens (tertiary/aromatic N) is 4. The fraction of sp³-hybridized carbons (Fsp3) is 0.611. The van der Waals surface area contributed by atoms with Crippen molar-refractivity contribution in [2.75, 3.05) is 44.6 Å². The minimum absolute atomic E-state index is 0.321. The Morgan fingerprint density at radius 3 is 3.08 bits per heavy atom. The van der Waals surface area contributed by atoms with E-state index in [-0.39, 0.29) is 0 Å². The van der Waals surface area contributed by atoms with E-state index in [1.165, 1.54) is 6.42 Å². The van der Waals surface area contributed by atoms with Gasteiger partial charge in [0.2, 0.25) is 5.91 Å². The van der Waals surface area contributed by atoms with Crippen molar-refractivity contribution in [3.8, 4) is 6.07 Å². The number of amides is 1. The molecule has 3 heterocycles. The van der Waals surface area contributed by atoms with Gasteiger partial charge in [-0.2, -0.15) is 5.26 Å². The molecule has 128 valence electrons. The zero-order valence-corrected chi connectivity index (χ0v) is 14.1. The molecule has 2 aliphatic rings. The Kier molecular flexibility index (Phi) is 5.65. The summed E-state index contributed by atoms with van der Waals surface area (Å²) in [7, 11) is 0. The van der Waals surface area contributed by atoms with Gasteiger partial charge in [0, 0.05) is 38.8 Å². The van der Waals surface area contributed by atoms with Gasteiger partial charge in [-0.05, 0) is 50.4 Å². The summed E-state index contributed by atoms with van der Waals surface area (Å²) in [5, 5.41) is 12.4. The summed E-state index contributed by atoms with van der Waals surface area (Å²) in [4.78, 5) is 20.3. The summed E-state index contributed by atoms with van der Waals surface area (Å²) in [6.45, 7) is 5.96. The van der Waals surface area contributed by atoms with Crippen LogP contribution in [0.3, 0.4) is 0 Å². The zero-order chi connectivity index (χ0) is 16.8. The molecule has 3 rings (SSSR count). The molecule has 2 saturated heterocycles. The van der Waals surface area contributed by atoms with Crippen LogP contribution in [0.5, 0.6) is 0 Å². The number of carbonyl (C=O) groups is 1. The number of rotatable bonds is 7. The molecule has 2 aliphatic heterocycles. The molecular weight excluding hydrogens is 302 g/mol. The highest BCUT2D eigenvalue weighted by atomic mass is 16.2. The van der Waals surface area contributed by atoms with Crippen LogP contribution >= 0.6 is 0 Å². The number of anilines is 1. The fourth-order valence-corrected chi connectivity index (χ4v) is 3.59. The molecular formula is C18H25N5O. The second kappa shape index (κ2) is 8.11. The molecule has 6 heteroatoms. The predicted octanol–water partition coefficient (Wildman–Crippen LogP) is 1.70. The van der Waals surface area contributed by atoms with Crippen molar-refractivity contribution in [1.82, 2.24) is 14.8 Å². The highest BCUT2D eigenvalue weighted by Crippen LogP contribution is 2.18. The first kappa shape index (κ1) is 16.7. The van der Waals surface area contributed by atoms with Crippen molar-refractivity contribution in [2.45, 2.75) is 25.7 Å². The molecule has 0 spiro atoms. The van der Waals surface area contributed by atoms with Crippen molar-refractivity contribution in [3.05, 3.63) is 23.9 Å². The van der Waals surface area contributed by atoms with Crippen LogP contribution in [0.4, 0.5) is 5.82 Å². The zero-order valence-electron chi connectivity index (χ0n) is 14.1. The monoisotopic (exact) mass is 327 g/mol. The Morgan fingerprint density at radius 2 is 2.29 bits per heavy atom. The van der Waals surface area contributed by atoms with Crippen LogP contribution in [0.25, 0.3) is 0 Å². The van der Waals surface area contributed by atoms with E-state index >= 15 is 0 Å². The molecule has 0 saturated carbocycles. The third-order valence-corrected chi connectivity index (χ3v) is 4.93. The van der Waals surface area contributed by atoms with Gasteiger partial charge in [-0.3, -0.25) is 4.79 Å². The van der Waals surface area contributed by atoms with Crippen LogP contribution in [-0.4, -0.2) is 60.0 Å². The normalized spacial score (nSPS) is 21.2. The third kappa shape index (κ3) is 4.24. The number of hydrogen-bond acceptors (Lipinski definition) is 5. The van der Waals surface area contributed by atoms with Crippen LogP contribution in [0, 0.1) is 17.2 Å². The van der Waals surface area contributed by atoms with Crippen molar-refractivity contribution >= 4 is 11.7 Å². The summed E-state index contributed by atoms with van der Waals surface area (Å²) in [5.41, 5.74) is 0.600. The van der Waals surface area contributed by atoms with E-state index in [4.69, 9.17) is 5.26 Å². The first-order valence-corrected chi connectivity index (χ1v) is 8.85. The number of aromatic nitrogens is 1. The largest absolute Gasteiger partial charge is 0.369 e. The van der Waals surface area contributed by atoms with Gasteiger partial charge in [-0.1, -0.05) is 0 Å². The first-order chi connectivity index (χ1) is 11.8. The summed E-state index contributed by atoms with van der Waals surface area (Å²) in [5.74, 6) is 1.60. The number of likely N-dealkylation sites (tertiary alicyclic amines) is 2. The number of hydrogen-bond donors (Lipinski definition) is 1. The molecule has 1 aromatic rings. The molecule has 0 aromatic carbocycles. The molecule has 1 amide bonds. The molecule has 1 N–H and O–H groups in total. The summed E-state index contributed by atoms with van der Waals surface area (Å²) < 4.78 is 0. The lowest BCUT2D eigenvalue weighted by atomic mass is 10.1. The van der Waals surface area contributed by atoms with Crippen LogP contribution < -0.4 is 5.32 Å². The Bertz CT molecular complexity index is 612. The van der Waals surface area contributed by atoms with Crippen LogP contribution in [0.1, 0.15) is 31.2 Å². The summed E-state index contributed by atoms with van der Waals surface area (Å²) >= 11 is 0. The average molecular weight is 327 g/mol. The van der Waals surface area contributed by atoms with Crippen LogP contribution in [-0.2, 0) is 4.79 Å². The van der Waals surface area contributed by atoms with E-state index < -0.39 is 0 Å². The van der Waals surface area contributed by atoms with Gasteiger partial charge in [0.25, 0.3) is 0 Å². The van der Waals surface area contributed by atoms with Gasteiger partial charge in [0.15, 0.2) is 0 Å². The standard InChI is InChI=1S/C18H25N5O/c19-12-16-4-1-7-20-18(16)21-13-15-6-11-22(14-15)8-3-10-23-9-2-5-17(23)24/h1,4,7,15H,2-3,5-6,8-11,13-14H2,(H,20,21). The van der Waals surface area contributed by atoms with Gasteiger partial charge in [0.1, 0.15) is 11.9 Å². The molecule has 0 bridgehead atoms. The molecule has 6 nitrogen and oxygen atoms in total. The maximum Gasteiger partial charge on any atom is 0.222 e. The molecule has 1 aromatic heterocycles. The Morgan fingerprint density at radius 1 is 1.38 bits per heavy atom. The smallest absolute Gasteiger partial charge is 0.222 e. The Balaban J connectivity index is 1.36. The number of nitrogens with one attached hydrogen (secondary N) is 1. The first-order valence-electron chi connectivity index (χ1n) is 8.85. The van der Waals surface area contributed by atoms with Crippen molar-refractivity contribution in [3.63, 3.8) is 0 Å². The van der Waals surface area contributed by atoms with Crippen molar-refractivity contribution in [2.24, 2.45) is 5.92 Å². The second-order valence-corrected chi connectivity index (χ2v) is 6.69. The van der Waals surface area contributed by atoms with E-state index in [9.17, 15) is 4.79 Å². The molecule has 0 aliphatic carbocycles. The van der Waals surface area contributed by atoms with Gasteiger partial charge in [-0.25, -0.2) is 4.98 Å². The van der Waals surface area contributed by atoms with E-state index in [1.807, 2.05) is 4.90 Å². The molecule has 24 heavy (non-hydrogen) atoms. The van der Waals surface area contributed by atoms with Crippen molar-refractivity contribution < 1.29 is 4.79 Å². The van der Waals surface area contributed by atoms with Gasteiger partial charge < -0.3 is 15.1 Å². The van der Waals surface area contributed by atoms with Crippen LogP contribution in [0.15, 0.2) is 18.3 Å². The van der Waals surface area contributed by atoms with E-state index in [0.29, 0.717) is 23.2 Å². The Labute approximate surface area is 143 Å². The summed E-state index contributed by atoms with van der Waals surface area (Å²) in [6, 6.07) is 5.74. The van der Waals surface area contributed by atoms with E-state index in [0.717, 1.165) is 58.5 Å². The lowest BCUT2D eigenvalue weighted by Gasteiger charge is -2.19. The van der Waals surface area contributed by atoms with E-state index in [2.05, 4.69) is 21.3 Å². The molecule has 1 atom stereocenters. The lowest BCUT2D eigenvalue weighted by Crippen LogP contribution is -2.30. The number of pyridine rings is 1. The predicted molar refractivity (Wildman–Crippen MR) is 92.4 cm³/mol. The highest BCUT2D eigenvalue weighted by molar-refractivity contribution is 5.77. The molecule has 2 fully saturated rings. The third-order valence-electron chi connectivity index (χ3n) is 4.93. The lowest BCUT2D eigenvalue weighted by molar-refractivity contribution is -0.127. The minimum Gasteiger partial charge on any atom is -0.369 e. The van der Waals surface area contributed by atoms with Crippen LogP contribution in [0.2, 0.25) is 0 Å². The maximum absolute atomic E-state index is 11.6. The van der Waals surface area contributed by atoms with Crippen molar-refractivity contribution in [1.29, 1.82) is 5.26 Å². The van der Waals surface area contributed by atoms with E-state index in [1.54, 1.807) is 18.3 Å². The highest BCUT2D eigenvalue weighted by Gasteiger charge is 2.23. The quantitative estimate of drug-likeness (QED) is 0.825.